The zero-order valence-corrected chi connectivity index (χ0v) is 12.1. The summed E-state index contributed by atoms with van der Waals surface area (Å²) < 4.78 is 4.98. The molecule has 1 heterocycles. The molecule has 0 aliphatic rings. The number of esters is 1. The summed E-state index contributed by atoms with van der Waals surface area (Å²) in [6.45, 7) is 5.29. The van der Waals surface area contributed by atoms with Gasteiger partial charge < -0.3 is 9.84 Å². The van der Waals surface area contributed by atoms with E-state index in [9.17, 15) is 14.7 Å². The molecular weight excluding hydrogens is 258 g/mol. The van der Waals surface area contributed by atoms with E-state index >= 15 is 0 Å². The van der Waals surface area contributed by atoms with Gasteiger partial charge >= 0.3 is 11.9 Å². The van der Waals surface area contributed by atoms with E-state index in [4.69, 9.17) is 4.74 Å². The fourth-order valence-electron chi connectivity index (χ4n) is 2.20. The van der Waals surface area contributed by atoms with Crippen LogP contribution >= 0.6 is 0 Å². The topological polar surface area (TPSA) is 76.5 Å². The molecule has 0 spiro atoms. The first kappa shape index (κ1) is 16.1. The van der Waals surface area contributed by atoms with E-state index < -0.39 is 17.4 Å². The molecule has 0 amide bonds. The first-order chi connectivity index (χ1) is 9.45. The Hall–Kier alpha value is -1.91. The van der Waals surface area contributed by atoms with E-state index in [2.05, 4.69) is 4.98 Å². The van der Waals surface area contributed by atoms with Crippen molar-refractivity contribution in [2.75, 3.05) is 6.61 Å². The molecule has 0 saturated heterocycles. The van der Waals surface area contributed by atoms with Gasteiger partial charge in [0, 0.05) is 11.9 Å². The Balaban J connectivity index is 2.98. The number of carboxylic acid groups (broad SMARTS) is 1. The van der Waals surface area contributed by atoms with Crippen LogP contribution < -0.4 is 0 Å². The average molecular weight is 279 g/mol. The molecule has 5 heteroatoms. The van der Waals surface area contributed by atoms with E-state index in [1.807, 2.05) is 12.1 Å². The highest BCUT2D eigenvalue weighted by Gasteiger charge is 2.50. The number of rotatable bonds is 7. The first-order valence-electron chi connectivity index (χ1n) is 6.75. The third kappa shape index (κ3) is 3.35. The molecule has 1 rings (SSSR count). The van der Waals surface area contributed by atoms with Crippen LogP contribution in [0.1, 0.15) is 32.9 Å². The quantitative estimate of drug-likeness (QED) is 0.612. The number of carboxylic acids is 1. The van der Waals surface area contributed by atoms with E-state index in [-0.39, 0.29) is 18.9 Å². The number of aromatic nitrogens is 1. The zero-order valence-electron chi connectivity index (χ0n) is 12.1. The highest BCUT2D eigenvalue weighted by Crippen LogP contribution is 2.35. The van der Waals surface area contributed by atoms with Crippen LogP contribution in [0.2, 0.25) is 0 Å². The lowest BCUT2D eigenvalue weighted by molar-refractivity contribution is -0.173. The molecule has 0 radical (unpaired) electrons. The largest absolute Gasteiger partial charge is 0.480 e. The Kier molecular flexibility index (Phi) is 5.67. The number of aryl methyl sites for hydroxylation is 1. The lowest BCUT2D eigenvalue weighted by Crippen LogP contribution is -2.45. The fraction of sp³-hybridized carbons (Fsp3) is 0.533. The maximum absolute atomic E-state index is 12.1. The van der Waals surface area contributed by atoms with Crippen LogP contribution in [0.5, 0.6) is 0 Å². The van der Waals surface area contributed by atoms with Gasteiger partial charge in [0.15, 0.2) is 5.41 Å². The van der Waals surface area contributed by atoms with Gasteiger partial charge in [-0.25, -0.2) is 0 Å². The van der Waals surface area contributed by atoms with Crippen LogP contribution in [0.25, 0.3) is 0 Å². The molecule has 1 unspecified atom stereocenters. The molecule has 110 valence electrons. The van der Waals surface area contributed by atoms with Crippen molar-refractivity contribution in [1.29, 1.82) is 0 Å². The number of pyridine rings is 1. The van der Waals surface area contributed by atoms with Crippen molar-refractivity contribution in [1.82, 2.24) is 4.98 Å². The van der Waals surface area contributed by atoms with Crippen LogP contribution in [0.15, 0.2) is 24.4 Å². The number of carbonyl (C=O) groups excluding carboxylic acids is 1. The summed E-state index contributed by atoms with van der Waals surface area (Å²) in [5.74, 6) is -2.16. The molecule has 20 heavy (non-hydrogen) atoms. The van der Waals surface area contributed by atoms with Crippen molar-refractivity contribution in [3.63, 3.8) is 0 Å². The van der Waals surface area contributed by atoms with Crippen LogP contribution in [0, 0.1) is 11.3 Å². The van der Waals surface area contributed by atoms with Gasteiger partial charge in [-0.15, -0.1) is 0 Å². The summed E-state index contributed by atoms with van der Waals surface area (Å²) in [7, 11) is 0. The number of hydrogen-bond donors (Lipinski definition) is 1. The van der Waals surface area contributed by atoms with Gasteiger partial charge in [0.2, 0.25) is 0 Å². The lowest BCUT2D eigenvalue weighted by atomic mass is 9.73. The van der Waals surface area contributed by atoms with E-state index in [1.54, 1.807) is 33.0 Å². The van der Waals surface area contributed by atoms with E-state index in [0.29, 0.717) is 6.42 Å². The smallest absolute Gasteiger partial charge is 0.323 e. The van der Waals surface area contributed by atoms with Gasteiger partial charge in [-0.3, -0.25) is 14.6 Å². The van der Waals surface area contributed by atoms with Gasteiger partial charge in [-0.1, -0.05) is 19.9 Å². The summed E-state index contributed by atoms with van der Waals surface area (Å²) in [4.78, 5) is 28.0. The Labute approximate surface area is 119 Å². The van der Waals surface area contributed by atoms with Gasteiger partial charge in [0.05, 0.1) is 6.61 Å². The number of nitrogens with zero attached hydrogens (tertiary/aromatic N) is 1. The molecule has 0 saturated carbocycles. The standard InChI is InChI=1S/C15H21NO4/c1-4-20-14(19)15(11(2)3,13(17)18)9-8-12-7-5-6-10-16-12/h5-7,10-11H,4,8-9H2,1-3H3,(H,17,18). The summed E-state index contributed by atoms with van der Waals surface area (Å²) in [6.07, 6.45) is 2.25. The van der Waals surface area contributed by atoms with Crippen LogP contribution in [0.3, 0.4) is 0 Å². The van der Waals surface area contributed by atoms with E-state index in [0.717, 1.165) is 5.69 Å². The third-order valence-corrected chi connectivity index (χ3v) is 3.51. The van der Waals surface area contributed by atoms with Crippen molar-refractivity contribution in [2.45, 2.75) is 33.6 Å². The maximum Gasteiger partial charge on any atom is 0.323 e. The Morgan fingerprint density at radius 1 is 1.40 bits per heavy atom. The van der Waals surface area contributed by atoms with Crippen molar-refractivity contribution in [2.24, 2.45) is 11.3 Å². The van der Waals surface area contributed by atoms with Crippen molar-refractivity contribution in [3.8, 4) is 0 Å². The Bertz CT molecular complexity index is 458. The average Bonchev–Trinajstić information content (AvgIpc) is 2.40. The monoisotopic (exact) mass is 279 g/mol. The number of aliphatic carboxylic acids is 1. The Morgan fingerprint density at radius 3 is 2.55 bits per heavy atom. The van der Waals surface area contributed by atoms with Gasteiger partial charge in [-0.05, 0) is 37.8 Å². The zero-order chi connectivity index (χ0) is 15.2. The van der Waals surface area contributed by atoms with Crippen LogP contribution in [0.4, 0.5) is 0 Å². The minimum atomic E-state index is -1.52. The van der Waals surface area contributed by atoms with Crippen molar-refractivity contribution < 1.29 is 19.4 Å². The van der Waals surface area contributed by atoms with Crippen molar-refractivity contribution in [3.05, 3.63) is 30.1 Å². The van der Waals surface area contributed by atoms with Gasteiger partial charge in [0.1, 0.15) is 0 Å². The molecule has 1 aromatic heterocycles. The summed E-state index contributed by atoms with van der Waals surface area (Å²) >= 11 is 0. The number of hydrogen-bond acceptors (Lipinski definition) is 4. The second-order valence-corrected chi connectivity index (χ2v) is 4.97. The predicted octanol–water partition coefficient (Wildman–Crippen LogP) is 2.30. The summed E-state index contributed by atoms with van der Waals surface area (Å²) in [5, 5.41) is 9.55. The molecule has 1 aromatic rings. The first-order valence-corrected chi connectivity index (χ1v) is 6.75. The number of carbonyl (C=O) groups is 2. The molecule has 0 fully saturated rings. The third-order valence-electron chi connectivity index (χ3n) is 3.51. The minimum Gasteiger partial charge on any atom is -0.480 e. The summed E-state index contributed by atoms with van der Waals surface area (Å²) in [5.41, 5.74) is -0.754. The minimum absolute atomic E-state index is 0.171. The molecule has 0 aliphatic heterocycles. The van der Waals surface area contributed by atoms with Gasteiger partial charge in [-0.2, -0.15) is 0 Å². The molecular formula is C15H21NO4. The second kappa shape index (κ2) is 7.03. The maximum atomic E-state index is 12.1. The number of ether oxygens (including phenoxy) is 1. The van der Waals surface area contributed by atoms with Gasteiger partial charge in [0.25, 0.3) is 0 Å². The predicted molar refractivity (Wildman–Crippen MR) is 74.1 cm³/mol. The fourth-order valence-corrected chi connectivity index (χ4v) is 2.20. The lowest BCUT2D eigenvalue weighted by Gasteiger charge is -2.30. The van der Waals surface area contributed by atoms with E-state index in [1.165, 1.54) is 0 Å². The molecule has 1 N–H and O–H groups in total. The molecule has 0 bridgehead atoms. The van der Waals surface area contributed by atoms with Crippen LogP contribution in [-0.4, -0.2) is 28.6 Å². The normalized spacial score (nSPS) is 13.8. The molecule has 0 aromatic carbocycles. The molecule has 0 aliphatic carbocycles. The molecule has 5 nitrogen and oxygen atoms in total. The summed E-state index contributed by atoms with van der Waals surface area (Å²) in [6, 6.07) is 5.45. The molecule has 1 atom stereocenters. The highest BCUT2D eigenvalue weighted by molar-refractivity contribution is 5.99. The second-order valence-electron chi connectivity index (χ2n) is 4.97. The van der Waals surface area contributed by atoms with Crippen LogP contribution in [-0.2, 0) is 20.7 Å². The highest BCUT2D eigenvalue weighted by atomic mass is 16.5. The Morgan fingerprint density at radius 2 is 2.10 bits per heavy atom. The SMILES string of the molecule is CCOC(=O)C(CCc1ccccn1)(C(=O)O)C(C)C. The van der Waals surface area contributed by atoms with Crippen molar-refractivity contribution >= 4 is 11.9 Å².